The number of nitrogen functional groups attached to an aromatic ring is 1. The predicted molar refractivity (Wildman–Crippen MR) is 75.9 cm³/mol. The Balaban J connectivity index is 2.14. The van der Waals surface area contributed by atoms with Crippen LogP contribution >= 0.6 is 11.6 Å². The van der Waals surface area contributed by atoms with Crippen molar-refractivity contribution in [3.8, 4) is 0 Å². The molecule has 1 amide bonds. The highest BCUT2D eigenvalue weighted by atomic mass is 35.5. The van der Waals surface area contributed by atoms with Crippen LogP contribution in [0.2, 0.25) is 5.02 Å². The smallest absolute Gasteiger partial charge is 0.242 e. The van der Waals surface area contributed by atoms with E-state index in [0.29, 0.717) is 29.2 Å². The molecule has 1 aromatic carbocycles. The number of nitrogens with two attached hydrogens (primary N) is 1. The maximum atomic E-state index is 12.0. The maximum absolute atomic E-state index is 12.0. The lowest BCUT2D eigenvalue weighted by Gasteiger charge is -2.21. The number of benzene rings is 1. The number of hydrogen-bond acceptors (Lipinski definition) is 4. The van der Waals surface area contributed by atoms with Crippen LogP contribution in [0, 0.1) is 0 Å². The second-order valence-corrected chi connectivity index (χ2v) is 7.29. The van der Waals surface area contributed by atoms with Crippen molar-refractivity contribution in [1.82, 2.24) is 0 Å². The van der Waals surface area contributed by atoms with Crippen LogP contribution in [0.1, 0.15) is 19.3 Å². The molecular formula is C12H15ClN2O3S. The van der Waals surface area contributed by atoms with Gasteiger partial charge in [-0.3, -0.25) is 4.79 Å². The molecule has 5 nitrogen and oxygen atoms in total. The van der Waals surface area contributed by atoms with Crippen molar-refractivity contribution in [2.45, 2.75) is 24.5 Å². The Morgan fingerprint density at radius 2 is 2.11 bits per heavy atom. The number of rotatable bonds is 2. The lowest BCUT2D eigenvalue weighted by molar-refractivity contribution is -0.116. The molecule has 1 unspecified atom stereocenters. The van der Waals surface area contributed by atoms with Gasteiger partial charge < -0.3 is 11.1 Å². The third-order valence-electron chi connectivity index (χ3n) is 3.13. The molecule has 0 radical (unpaired) electrons. The Morgan fingerprint density at radius 1 is 1.37 bits per heavy atom. The first-order chi connectivity index (χ1) is 8.90. The number of halogens is 1. The molecule has 0 saturated carbocycles. The quantitative estimate of drug-likeness (QED) is 0.816. The first kappa shape index (κ1) is 14.1. The zero-order valence-electron chi connectivity index (χ0n) is 10.2. The van der Waals surface area contributed by atoms with E-state index in [4.69, 9.17) is 17.3 Å². The van der Waals surface area contributed by atoms with Crippen molar-refractivity contribution < 1.29 is 13.2 Å². The highest BCUT2D eigenvalue weighted by Crippen LogP contribution is 2.24. The fourth-order valence-corrected chi connectivity index (χ4v) is 4.01. The Labute approximate surface area is 117 Å². The number of carbonyl (C=O) groups excluding carboxylic acids is 1. The molecule has 1 fully saturated rings. The van der Waals surface area contributed by atoms with E-state index in [9.17, 15) is 13.2 Å². The van der Waals surface area contributed by atoms with Gasteiger partial charge in [0.25, 0.3) is 0 Å². The standard InChI is InChI=1S/C12H15ClN2O3S/c13-9-5-4-8(7-10(9)14)15-12(16)11-3-1-2-6-19(11,17)18/h4-5,7,11H,1-3,6,14H2,(H,15,16). The molecule has 1 heterocycles. The minimum absolute atomic E-state index is 0.0772. The summed E-state index contributed by atoms with van der Waals surface area (Å²) in [5, 5.41) is 2.01. The van der Waals surface area contributed by atoms with Crippen LogP contribution in [0.15, 0.2) is 18.2 Å². The predicted octanol–water partition coefficient (Wildman–Crippen LogP) is 1.83. The first-order valence-corrected chi connectivity index (χ1v) is 8.07. The fraction of sp³-hybridized carbons (Fsp3) is 0.417. The number of amides is 1. The van der Waals surface area contributed by atoms with Crippen molar-refractivity contribution in [3.63, 3.8) is 0 Å². The third kappa shape index (κ3) is 3.19. The van der Waals surface area contributed by atoms with Gasteiger partial charge in [-0.25, -0.2) is 8.42 Å². The van der Waals surface area contributed by atoms with Gasteiger partial charge >= 0.3 is 0 Å². The minimum atomic E-state index is -3.33. The van der Waals surface area contributed by atoms with Gasteiger partial charge in [-0.05, 0) is 31.0 Å². The van der Waals surface area contributed by atoms with E-state index in [1.165, 1.54) is 6.07 Å². The first-order valence-electron chi connectivity index (χ1n) is 5.97. The second-order valence-electron chi connectivity index (χ2n) is 4.58. The Hall–Kier alpha value is -1.27. The average Bonchev–Trinajstić information content (AvgIpc) is 2.33. The molecule has 1 atom stereocenters. The number of hydrogen-bond donors (Lipinski definition) is 2. The molecule has 1 aliphatic rings. The van der Waals surface area contributed by atoms with Gasteiger partial charge in [0.05, 0.1) is 16.5 Å². The lowest BCUT2D eigenvalue weighted by Crippen LogP contribution is -2.39. The summed E-state index contributed by atoms with van der Waals surface area (Å²) in [5.41, 5.74) is 6.42. The molecule has 104 valence electrons. The summed E-state index contributed by atoms with van der Waals surface area (Å²) in [5.74, 6) is -0.421. The maximum Gasteiger partial charge on any atom is 0.242 e. The van der Waals surface area contributed by atoms with E-state index in [2.05, 4.69) is 5.32 Å². The number of nitrogens with one attached hydrogen (secondary N) is 1. The molecule has 3 N–H and O–H groups in total. The number of sulfone groups is 1. The van der Waals surface area contributed by atoms with Crippen molar-refractivity contribution in [1.29, 1.82) is 0 Å². The Bertz CT molecular complexity index is 601. The van der Waals surface area contributed by atoms with Crippen molar-refractivity contribution in [3.05, 3.63) is 23.2 Å². The highest BCUT2D eigenvalue weighted by molar-refractivity contribution is 7.92. The second kappa shape index (κ2) is 5.38. The summed E-state index contributed by atoms with van der Waals surface area (Å²) < 4.78 is 23.7. The zero-order chi connectivity index (χ0) is 14.0. The largest absolute Gasteiger partial charge is 0.397 e. The van der Waals surface area contributed by atoms with Gasteiger partial charge in [0, 0.05) is 5.69 Å². The molecule has 0 aromatic heterocycles. The van der Waals surface area contributed by atoms with Crippen molar-refractivity contribution in [2.24, 2.45) is 0 Å². The van der Waals surface area contributed by atoms with Crippen LogP contribution in [0.4, 0.5) is 11.4 Å². The number of anilines is 2. The molecular weight excluding hydrogens is 288 g/mol. The molecule has 0 bridgehead atoms. The normalized spacial score (nSPS) is 21.8. The van der Waals surface area contributed by atoms with Crippen molar-refractivity contribution in [2.75, 3.05) is 16.8 Å². The zero-order valence-corrected chi connectivity index (χ0v) is 11.8. The van der Waals surface area contributed by atoms with Gasteiger partial charge in [-0.15, -0.1) is 0 Å². The highest BCUT2D eigenvalue weighted by Gasteiger charge is 2.34. The third-order valence-corrected chi connectivity index (χ3v) is 5.65. The lowest BCUT2D eigenvalue weighted by atomic mass is 10.2. The van der Waals surface area contributed by atoms with E-state index in [1.807, 2.05) is 0 Å². The van der Waals surface area contributed by atoms with Crippen LogP contribution in [-0.4, -0.2) is 25.3 Å². The van der Waals surface area contributed by atoms with Gasteiger partial charge in [-0.1, -0.05) is 18.0 Å². The van der Waals surface area contributed by atoms with Crippen LogP contribution < -0.4 is 11.1 Å². The summed E-state index contributed by atoms with van der Waals surface area (Å²) in [6.07, 6.45) is 1.75. The van der Waals surface area contributed by atoms with E-state index >= 15 is 0 Å². The summed E-state index contributed by atoms with van der Waals surface area (Å²) in [7, 11) is -3.33. The van der Waals surface area contributed by atoms with Gasteiger partial charge in [0.2, 0.25) is 5.91 Å². The minimum Gasteiger partial charge on any atom is -0.397 e. The van der Waals surface area contributed by atoms with E-state index in [1.54, 1.807) is 12.1 Å². The molecule has 0 aliphatic carbocycles. The van der Waals surface area contributed by atoms with Crippen LogP contribution in [0.25, 0.3) is 0 Å². The summed E-state index contributed by atoms with van der Waals surface area (Å²) >= 11 is 5.78. The average molecular weight is 303 g/mol. The van der Waals surface area contributed by atoms with Crippen LogP contribution in [0.5, 0.6) is 0 Å². The molecule has 19 heavy (non-hydrogen) atoms. The molecule has 0 spiro atoms. The van der Waals surface area contributed by atoms with Crippen LogP contribution in [0.3, 0.4) is 0 Å². The van der Waals surface area contributed by atoms with Crippen molar-refractivity contribution >= 4 is 38.7 Å². The Kier molecular flexibility index (Phi) is 4.01. The van der Waals surface area contributed by atoms with Gasteiger partial charge in [0.1, 0.15) is 5.25 Å². The topological polar surface area (TPSA) is 89.3 Å². The fourth-order valence-electron chi connectivity index (χ4n) is 2.09. The van der Waals surface area contributed by atoms with Gasteiger partial charge in [0.15, 0.2) is 9.84 Å². The summed E-state index contributed by atoms with van der Waals surface area (Å²) in [6.45, 7) is 0. The Morgan fingerprint density at radius 3 is 2.74 bits per heavy atom. The molecule has 1 saturated heterocycles. The van der Waals surface area contributed by atoms with Gasteiger partial charge in [-0.2, -0.15) is 0 Å². The SMILES string of the molecule is Nc1cc(NC(=O)C2CCCCS2(=O)=O)ccc1Cl. The molecule has 1 aliphatic heterocycles. The molecule has 7 heteroatoms. The summed E-state index contributed by atoms with van der Waals surface area (Å²) in [4.78, 5) is 12.0. The molecule has 2 rings (SSSR count). The summed E-state index contributed by atoms with van der Waals surface area (Å²) in [6, 6.07) is 4.66. The molecule has 1 aromatic rings. The van der Waals surface area contributed by atoms with E-state index in [0.717, 1.165) is 6.42 Å². The van der Waals surface area contributed by atoms with E-state index in [-0.39, 0.29) is 5.75 Å². The monoisotopic (exact) mass is 302 g/mol. The van der Waals surface area contributed by atoms with Crippen LogP contribution in [-0.2, 0) is 14.6 Å². The van der Waals surface area contributed by atoms with E-state index < -0.39 is 21.0 Å². The number of carbonyl (C=O) groups is 1.